The van der Waals surface area contributed by atoms with E-state index >= 15 is 0 Å². The third kappa shape index (κ3) is 2.47. The molecular weight excluding hydrogens is 252 g/mol. The maximum absolute atomic E-state index is 11.5. The Morgan fingerprint density at radius 3 is 3.00 bits per heavy atom. The van der Waals surface area contributed by atoms with Crippen molar-refractivity contribution in [2.45, 2.75) is 18.5 Å². The molecule has 3 unspecified atom stereocenters. The number of halogens is 1. The molecule has 2 rings (SSSR count). The largest absolute Gasteiger partial charge is 0.468 e. The van der Waals surface area contributed by atoms with Crippen LogP contribution < -0.4 is 5.32 Å². The van der Waals surface area contributed by atoms with Crippen molar-refractivity contribution < 1.29 is 9.53 Å². The highest BCUT2D eigenvalue weighted by molar-refractivity contribution is 6.30. The molecule has 1 N–H and O–H groups in total. The van der Waals surface area contributed by atoms with Gasteiger partial charge in [0.2, 0.25) is 0 Å². The molecule has 0 aromatic heterocycles. The molecule has 94 valence electrons. The van der Waals surface area contributed by atoms with Gasteiger partial charge in [0.15, 0.2) is 0 Å². The standard InChI is InChI=1S/C13H13ClN2O2/c1-18-13(17)11-6-9(7-15)12(16-11)8-3-2-4-10(14)5-8/h2-5,9,11-12,16H,6H2,1H3. The van der Waals surface area contributed by atoms with E-state index in [1.807, 2.05) is 18.2 Å². The fourth-order valence-electron chi connectivity index (χ4n) is 2.25. The first-order valence-corrected chi connectivity index (χ1v) is 6.02. The van der Waals surface area contributed by atoms with E-state index in [2.05, 4.69) is 11.4 Å². The van der Waals surface area contributed by atoms with Gasteiger partial charge in [0.1, 0.15) is 6.04 Å². The Labute approximate surface area is 111 Å². The van der Waals surface area contributed by atoms with Crippen molar-refractivity contribution in [1.82, 2.24) is 5.32 Å². The molecule has 1 aromatic carbocycles. The molecule has 1 aromatic rings. The molecule has 0 radical (unpaired) electrons. The number of methoxy groups -OCH3 is 1. The molecule has 5 heteroatoms. The van der Waals surface area contributed by atoms with Gasteiger partial charge >= 0.3 is 5.97 Å². The average Bonchev–Trinajstić information content (AvgIpc) is 2.82. The summed E-state index contributed by atoms with van der Waals surface area (Å²) < 4.78 is 4.70. The summed E-state index contributed by atoms with van der Waals surface area (Å²) in [4.78, 5) is 11.5. The number of carbonyl (C=O) groups is 1. The molecule has 4 nitrogen and oxygen atoms in total. The summed E-state index contributed by atoms with van der Waals surface area (Å²) in [6.45, 7) is 0. The number of hydrogen-bond donors (Lipinski definition) is 1. The third-order valence-electron chi connectivity index (χ3n) is 3.13. The van der Waals surface area contributed by atoms with Crippen LogP contribution in [0.25, 0.3) is 0 Å². The maximum atomic E-state index is 11.5. The molecule has 0 aliphatic carbocycles. The van der Waals surface area contributed by atoms with Crippen molar-refractivity contribution in [3.05, 3.63) is 34.9 Å². The predicted molar refractivity (Wildman–Crippen MR) is 66.9 cm³/mol. The topological polar surface area (TPSA) is 62.1 Å². The minimum atomic E-state index is -0.427. The monoisotopic (exact) mass is 264 g/mol. The van der Waals surface area contributed by atoms with E-state index in [4.69, 9.17) is 21.6 Å². The summed E-state index contributed by atoms with van der Waals surface area (Å²) >= 11 is 5.94. The number of esters is 1. The Bertz CT molecular complexity index is 498. The van der Waals surface area contributed by atoms with Crippen LogP contribution in [-0.2, 0) is 9.53 Å². The molecule has 18 heavy (non-hydrogen) atoms. The molecule has 0 spiro atoms. The Morgan fingerprint density at radius 1 is 1.61 bits per heavy atom. The molecule has 1 aliphatic heterocycles. The SMILES string of the molecule is COC(=O)C1CC(C#N)C(c2cccc(Cl)c2)N1. The molecule has 0 bridgehead atoms. The van der Waals surface area contributed by atoms with Crippen molar-refractivity contribution in [2.75, 3.05) is 7.11 Å². The zero-order chi connectivity index (χ0) is 13.1. The lowest BCUT2D eigenvalue weighted by Gasteiger charge is -2.15. The van der Waals surface area contributed by atoms with Gasteiger partial charge < -0.3 is 4.74 Å². The lowest BCUT2D eigenvalue weighted by atomic mass is 9.95. The minimum absolute atomic E-state index is 0.183. The second-order valence-corrected chi connectivity index (χ2v) is 4.68. The highest BCUT2D eigenvalue weighted by atomic mass is 35.5. The number of hydrogen-bond acceptors (Lipinski definition) is 4. The van der Waals surface area contributed by atoms with Crippen LogP contribution in [0.2, 0.25) is 5.02 Å². The summed E-state index contributed by atoms with van der Waals surface area (Å²) in [6.07, 6.45) is 0.459. The van der Waals surface area contributed by atoms with Crippen molar-refractivity contribution in [3.63, 3.8) is 0 Å². The smallest absolute Gasteiger partial charge is 0.322 e. The molecule has 1 aliphatic rings. The van der Waals surface area contributed by atoms with Crippen LogP contribution in [0.1, 0.15) is 18.0 Å². The molecule has 3 atom stereocenters. The van der Waals surface area contributed by atoms with E-state index in [1.54, 1.807) is 6.07 Å². The van der Waals surface area contributed by atoms with Gasteiger partial charge in [-0.1, -0.05) is 23.7 Å². The van der Waals surface area contributed by atoms with Crippen molar-refractivity contribution in [2.24, 2.45) is 5.92 Å². The van der Waals surface area contributed by atoms with Crippen LogP contribution in [0.3, 0.4) is 0 Å². The van der Waals surface area contributed by atoms with Crippen LogP contribution >= 0.6 is 11.6 Å². The van der Waals surface area contributed by atoms with Crippen LogP contribution in [0, 0.1) is 17.2 Å². The number of carbonyl (C=O) groups excluding carboxylic acids is 1. The van der Waals surface area contributed by atoms with E-state index in [0.717, 1.165) is 5.56 Å². The first-order chi connectivity index (χ1) is 8.65. The Kier molecular flexibility index (Phi) is 3.85. The quantitative estimate of drug-likeness (QED) is 0.831. The van der Waals surface area contributed by atoms with Gasteiger partial charge in [0, 0.05) is 11.1 Å². The first kappa shape index (κ1) is 12.9. The third-order valence-corrected chi connectivity index (χ3v) is 3.37. The highest BCUT2D eigenvalue weighted by Crippen LogP contribution is 2.33. The van der Waals surface area contributed by atoms with Gasteiger partial charge in [-0.05, 0) is 24.1 Å². The lowest BCUT2D eigenvalue weighted by Crippen LogP contribution is -2.33. The number of benzene rings is 1. The van der Waals surface area contributed by atoms with Crippen LogP contribution in [0.4, 0.5) is 0 Å². The Hall–Kier alpha value is -1.57. The molecule has 1 saturated heterocycles. The van der Waals surface area contributed by atoms with Gasteiger partial charge in [0.05, 0.1) is 19.1 Å². The average molecular weight is 265 g/mol. The van der Waals surface area contributed by atoms with E-state index < -0.39 is 6.04 Å². The zero-order valence-corrected chi connectivity index (χ0v) is 10.6. The van der Waals surface area contributed by atoms with Crippen LogP contribution in [0.5, 0.6) is 0 Å². The number of nitrogens with one attached hydrogen (secondary N) is 1. The number of nitriles is 1. The van der Waals surface area contributed by atoms with Gasteiger partial charge in [-0.15, -0.1) is 0 Å². The number of rotatable bonds is 2. The van der Waals surface area contributed by atoms with Crippen LogP contribution in [-0.4, -0.2) is 19.1 Å². The van der Waals surface area contributed by atoms with Gasteiger partial charge in [0.25, 0.3) is 0 Å². The first-order valence-electron chi connectivity index (χ1n) is 5.64. The molecule has 1 heterocycles. The summed E-state index contributed by atoms with van der Waals surface area (Å²) in [5.74, 6) is -0.590. The highest BCUT2D eigenvalue weighted by Gasteiger charge is 2.38. The molecular formula is C13H13ClN2O2. The van der Waals surface area contributed by atoms with E-state index in [9.17, 15) is 4.79 Å². The second kappa shape index (κ2) is 5.38. The lowest BCUT2D eigenvalue weighted by molar-refractivity contribution is -0.142. The zero-order valence-electron chi connectivity index (χ0n) is 9.89. The fourth-order valence-corrected chi connectivity index (χ4v) is 2.45. The minimum Gasteiger partial charge on any atom is -0.468 e. The predicted octanol–water partition coefficient (Wildman–Crippen LogP) is 2.06. The molecule has 0 saturated carbocycles. The normalized spacial score (nSPS) is 26.6. The van der Waals surface area contributed by atoms with Gasteiger partial charge in [-0.3, -0.25) is 10.1 Å². The maximum Gasteiger partial charge on any atom is 0.322 e. The Morgan fingerprint density at radius 2 is 2.39 bits per heavy atom. The van der Waals surface area contributed by atoms with E-state index in [1.165, 1.54) is 7.11 Å². The van der Waals surface area contributed by atoms with Crippen molar-refractivity contribution in [1.29, 1.82) is 5.26 Å². The molecule has 0 amide bonds. The van der Waals surface area contributed by atoms with Crippen molar-refractivity contribution >= 4 is 17.6 Å². The summed E-state index contributed by atoms with van der Waals surface area (Å²) in [7, 11) is 1.35. The van der Waals surface area contributed by atoms with E-state index in [-0.39, 0.29) is 17.9 Å². The number of ether oxygens (including phenoxy) is 1. The van der Waals surface area contributed by atoms with Crippen molar-refractivity contribution in [3.8, 4) is 6.07 Å². The summed E-state index contributed by atoms with van der Waals surface area (Å²) in [5.41, 5.74) is 0.917. The number of nitrogens with zero attached hydrogens (tertiary/aromatic N) is 1. The summed E-state index contributed by atoms with van der Waals surface area (Å²) in [6, 6.07) is 8.93. The van der Waals surface area contributed by atoms with Gasteiger partial charge in [-0.25, -0.2) is 0 Å². The van der Waals surface area contributed by atoms with E-state index in [0.29, 0.717) is 11.4 Å². The fraction of sp³-hybridized carbons (Fsp3) is 0.385. The Balaban J connectivity index is 2.23. The summed E-state index contributed by atoms with van der Waals surface area (Å²) in [5, 5.41) is 12.9. The molecule has 1 fully saturated rings. The second-order valence-electron chi connectivity index (χ2n) is 4.25. The van der Waals surface area contributed by atoms with Gasteiger partial charge in [-0.2, -0.15) is 5.26 Å². The van der Waals surface area contributed by atoms with Crippen LogP contribution in [0.15, 0.2) is 24.3 Å².